The Kier molecular flexibility index (Phi) is 5.83. The monoisotopic (exact) mass is 356 g/mol. The maximum atomic E-state index is 11.9. The molecule has 0 radical (unpaired) electrons. The van der Waals surface area contributed by atoms with Crippen LogP contribution in [-0.4, -0.2) is 18.4 Å². The van der Waals surface area contributed by atoms with Crippen molar-refractivity contribution in [3.8, 4) is 0 Å². The predicted molar refractivity (Wildman–Crippen MR) is 91.1 cm³/mol. The fourth-order valence-corrected chi connectivity index (χ4v) is 3.35. The lowest BCUT2D eigenvalue weighted by Gasteiger charge is -2.10. The summed E-state index contributed by atoms with van der Waals surface area (Å²) in [7, 11) is 0. The third-order valence-electron chi connectivity index (χ3n) is 2.98. The van der Waals surface area contributed by atoms with Crippen molar-refractivity contribution >= 4 is 52.0 Å². The van der Waals surface area contributed by atoms with Gasteiger partial charge in [0.2, 0.25) is 5.91 Å². The minimum atomic E-state index is -0.424. The van der Waals surface area contributed by atoms with Crippen LogP contribution in [-0.2, 0) is 11.2 Å². The first-order valence-corrected chi connectivity index (χ1v) is 8.19. The van der Waals surface area contributed by atoms with Crippen molar-refractivity contribution in [3.05, 3.63) is 50.1 Å². The predicted octanol–water partition coefficient (Wildman–Crippen LogP) is 3.99. The molecule has 7 heteroatoms. The molecule has 1 heterocycles. The van der Waals surface area contributed by atoms with E-state index in [1.807, 2.05) is 31.2 Å². The zero-order valence-corrected chi connectivity index (χ0v) is 14.1. The van der Waals surface area contributed by atoms with Crippen molar-refractivity contribution in [1.82, 2.24) is 5.32 Å². The van der Waals surface area contributed by atoms with Gasteiger partial charge in [-0.15, -0.1) is 11.3 Å². The number of benzene rings is 1. The Balaban J connectivity index is 1.93. The minimum absolute atomic E-state index is 0.138. The van der Waals surface area contributed by atoms with Gasteiger partial charge in [0.25, 0.3) is 5.91 Å². The number of aryl methyl sites for hydroxylation is 1. The van der Waals surface area contributed by atoms with E-state index < -0.39 is 5.91 Å². The highest BCUT2D eigenvalue weighted by Crippen LogP contribution is 2.30. The van der Waals surface area contributed by atoms with Gasteiger partial charge in [-0.1, -0.05) is 48.3 Å². The molecule has 0 spiro atoms. The summed E-state index contributed by atoms with van der Waals surface area (Å²) in [6.45, 7) is 1.87. The molecule has 2 rings (SSSR count). The summed E-state index contributed by atoms with van der Waals surface area (Å²) in [4.78, 5) is 23.9. The van der Waals surface area contributed by atoms with E-state index in [2.05, 4.69) is 10.6 Å². The summed E-state index contributed by atoms with van der Waals surface area (Å²) in [5.74, 6) is -0.723. The highest BCUT2D eigenvalue weighted by molar-refractivity contribution is 7.20. The maximum absolute atomic E-state index is 11.9. The van der Waals surface area contributed by atoms with Crippen molar-refractivity contribution in [1.29, 1.82) is 0 Å². The average Bonchev–Trinajstić information content (AvgIpc) is 2.84. The summed E-state index contributed by atoms with van der Waals surface area (Å²) < 4.78 is 0.732. The molecule has 2 N–H and O–H groups in total. The number of carbonyl (C=O) groups is 2. The normalized spacial score (nSPS) is 10.3. The number of thiophene rings is 1. The molecule has 0 aliphatic rings. The lowest BCUT2D eigenvalue weighted by atomic mass is 10.1. The van der Waals surface area contributed by atoms with Gasteiger partial charge in [-0.3, -0.25) is 9.59 Å². The van der Waals surface area contributed by atoms with Gasteiger partial charge in [0, 0.05) is 5.69 Å². The Morgan fingerprint density at radius 1 is 1.23 bits per heavy atom. The fraction of sp³-hybridized carbons (Fsp3) is 0.200. The van der Waals surface area contributed by atoms with Crippen molar-refractivity contribution in [2.24, 2.45) is 0 Å². The van der Waals surface area contributed by atoms with Crippen LogP contribution >= 0.6 is 34.5 Å². The third-order valence-corrected chi connectivity index (χ3v) is 4.47. The Morgan fingerprint density at radius 2 is 1.95 bits per heavy atom. The number of carbonyl (C=O) groups excluding carboxylic acids is 2. The first-order valence-electron chi connectivity index (χ1n) is 6.62. The van der Waals surface area contributed by atoms with Gasteiger partial charge in [-0.05, 0) is 24.1 Å². The molecule has 2 amide bonds. The maximum Gasteiger partial charge on any atom is 0.254 e. The molecule has 0 atom stereocenters. The van der Waals surface area contributed by atoms with Gasteiger partial charge in [0.1, 0.15) is 4.34 Å². The van der Waals surface area contributed by atoms with Crippen LogP contribution in [0.5, 0.6) is 0 Å². The highest BCUT2D eigenvalue weighted by atomic mass is 35.5. The smallest absolute Gasteiger partial charge is 0.254 e. The molecule has 1 aromatic carbocycles. The quantitative estimate of drug-likeness (QED) is 0.850. The van der Waals surface area contributed by atoms with E-state index in [9.17, 15) is 9.59 Å². The lowest BCUT2D eigenvalue weighted by Crippen LogP contribution is -2.32. The molecule has 4 nitrogen and oxygen atoms in total. The van der Waals surface area contributed by atoms with E-state index in [0.717, 1.165) is 29.0 Å². The van der Waals surface area contributed by atoms with Crippen LogP contribution in [0.15, 0.2) is 30.3 Å². The first kappa shape index (κ1) is 16.8. The average molecular weight is 357 g/mol. The number of hydrogen-bond acceptors (Lipinski definition) is 3. The number of para-hydroxylation sites is 1. The van der Waals surface area contributed by atoms with Crippen molar-refractivity contribution in [2.75, 3.05) is 11.9 Å². The largest absolute Gasteiger partial charge is 0.343 e. The van der Waals surface area contributed by atoms with E-state index in [4.69, 9.17) is 23.2 Å². The van der Waals surface area contributed by atoms with Gasteiger partial charge in [0.15, 0.2) is 0 Å². The summed E-state index contributed by atoms with van der Waals surface area (Å²) in [6.07, 6.45) is 0.811. The van der Waals surface area contributed by atoms with E-state index in [0.29, 0.717) is 8.67 Å². The molecule has 0 bridgehead atoms. The molecule has 0 aliphatic carbocycles. The van der Waals surface area contributed by atoms with Crippen LogP contribution in [0.3, 0.4) is 0 Å². The van der Waals surface area contributed by atoms with Crippen LogP contribution in [0.25, 0.3) is 0 Å². The Labute approximate surface area is 142 Å². The molecule has 0 fully saturated rings. The van der Waals surface area contributed by atoms with Crippen molar-refractivity contribution < 1.29 is 9.59 Å². The minimum Gasteiger partial charge on any atom is -0.343 e. The summed E-state index contributed by atoms with van der Waals surface area (Å²) >= 11 is 12.8. The van der Waals surface area contributed by atoms with E-state index in [1.54, 1.807) is 0 Å². The van der Waals surface area contributed by atoms with Crippen molar-refractivity contribution in [3.63, 3.8) is 0 Å². The molecule has 0 aliphatic heterocycles. The molecule has 0 unspecified atom stereocenters. The zero-order chi connectivity index (χ0) is 16.1. The van der Waals surface area contributed by atoms with E-state index in [1.165, 1.54) is 6.07 Å². The van der Waals surface area contributed by atoms with Crippen LogP contribution in [0, 0.1) is 0 Å². The van der Waals surface area contributed by atoms with Gasteiger partial charge in [0.05, 0.1) is 16.4 Å². The molecule has 0 saturated heterocycles. The molecule has 0 saturated carbocycles. The second-order valence-electron chi connectivity index (χ2n) is 4.48. The zero-order valence-electron chi connectivity index (χ0n) is 11.8. The molecule has 2 aromatic rings. The molecule has 22 heavy (non-hydrogen) atoms. The summed E-state index contributed by atoms with van der Waals surface area (Å²) in [5, 5.41) is 5.30. The highest BCUT2D eigenvalue weighted by Gasteiger charge is 2.15. The first-order chi connectivity index (χ1) is 10.5. The SMILES string of the molecule is CCc1ccccc1NC(=O)CNC(=O)c1cc(Cl)sc1Cl. The number of hydrogen-bond donors (Lipinski definition) is 2. The lowest BCUT2D eigenvalue weighted by molar-refractivity contribution is -0.115. The van der Waals surface area contributed by atoms with Gasteiger partial charge in [-0.25, -0.2) is 0 Å². The molecule has 1 aromatic heterocycles. The Bertz CT molecular complexity index is 701. The van der Waals surface area contributed by atoms with Gasteiger partial charge in [-0.2, -0.15) is 0 Å². The second kappa shape index (κ2) is 7.63. The van der Waals surface area contributed by atoms with Gasteiger partial charge >= 0.3 is 0 Å². The number of nitrogens with one attached hydrogen (secondary N) is 2. The van der Waals surface area contributed by atoms with Crippen molar-refractivity contribution in [2.45, 2.75) is 13.3 Å². The number of halogens is 2. The van der Waals surface area contributed by atoms with Crippen LogP contribution in [0.4, 0.5) is 5.69 Å². The summed E-state index contributed by atoms with van der Waals surface area (Å²) in [6, 6.07) is 9.02. The molecular weight excluding hydrogens is 343 g/mol. The number of rotatable bonds is 5. The second-order valence-corrected chi connectivity index (χ2v) is 6.77. The Hall–Kier alpha value is -1.56. The van der Waals surface area contributed by atoms with Crippen LogP contribution < -0.4 is 10.6 Å². The van der Waals surface area contributed by atoms with E-state index in [-0.39, 0.29) is 18.0 Å². The third kappa shape index (κ3) is 4.22. The number of anilines is 1. The van der Waals surface area contributed by atoms with Crippen LogP contribution in [0.2, 0.25) is 8.67 Å². The molecular formula is C15H14Cl2N2O2S. The van der Waals surface area contributed by atoms with E-state index >= 15 is 0 Å². The standard InChI is InChI=1S/C15H14Cl2N2O2S/c1-2-9-5-3-4-6-11(9)19-13(20)8-18-15(21)10-7-12(16)22-14(10)17/h3-7H,2,8H2,1H3,(H,18,21)(H,19,20). The fourth-order valence-electron chi connectivity index (χ4n) is 1.90. The molecule has 116 valence electrons. The topological polar surface area (TPSA) is 58.2 Å². The van der Waals surface area contributed by atoms with Gasteiger partial charge < -0.3 is 10.6 Å². The number of amides is 2. The summed E-state index contributed by atoms with van der Waals surface area (Å²) in [5.41, 5.74) is 2.06. The van der Waals surface area contributed by atoms with Crippen LogP contribution in [0.1, 0.15) is 22.8 Å². The Morgan fingerprint density at radius 3 is 2.59 bits per heavy atom.